The molecule has 1 aliphatic heterocycles. The highest BCUT2D eigenvalue weighted by Gasteiger charge is 2.29. The molecule has 25 heavy (non-hydrogen) atoms. The van der Waals surface area contributed by atoms with Gasteiger partial charge >= 0.3 is 0 Å². The van der Waals surface area contributed by atoms with Crippen LogP contribution < -0.4 is 4.90 Å². The lowest BCUT2D eigenvalue weighted by Crippen LogP contribution is -2.28. The number of thioether (sulfide) groups is 1. The fourth-order valence-corrected chi connectivity index (χ4v) is 3.41. The molecule has 2 heterocycles. The second kappa shape index (κ2) is 6.57. The van der Waals surface area contributed by atoms with Crippen LogP contribution in [-0.4, -0.2) is 22.5 Å². The maximum atomic E-state index is 12.2. The van der Waals surface area contributed by atoms with E-state index >= 15 is 0 Å². The molecule has 0 aliphatic carbocycles. The van der Waals surface area contributed by atoms with Crippen molar-refractivity contribution < 1.29 is 9.21 Å². The number of rotatable bonds is 3. The number of amidine groups is 1. The molecule has 0 radical (unpaired) electrons. The fourth-order valence-electron chi connectivity index (χ4n) is 2.59. The summed E-state index contributed by atoms with van der Waals surface area (Å²) in [6.07, 6.45) is 0. The summed E-state index contributed by atoms with van der Waals surface area (Å²) in [5.74, 6) is 1.05. The number of benzene rings is 2. The number of hydrogen-bond acceptors (Lipinski definition) is 5. The minimum Gasteiger partial charge on any atom is -0.455 e. The van der Waals surface area contributed by atoms with Gasteiger partial charge in [-0.05, 0) is 31.2 Å². The quantitative estimate of drug-likeness (QED) is 0.523. The van der Waals surface area contributed by atoms with Crippen LogP contribution in [0.1, 0.15) is 12.7 Å². The third kappa shape index (κ3) is 3.08. The van der Waals surface area contributed by atoms with Gasteiger partial charge in [0.05, 0.1) is 11.4 Å². The average molecular weight is 349 g/mol. The van der Waals surface area contributed by atoms with Gasteiger partial charge in [-0.1, -0.05) is 48.2 Å². The topological polar surface area (TPSA) is 58.2 Å². The monoisotopic (exact) mass is 349 g/mol. The molecule has 6 heteroatoms. The van der Waals surface area contributed by atoms with Crippen LogP contribution in [0.15, 0.2) is 75.3 Å². The highest BCUT2D eigenvalue weighted by Crippen LogP contribution is 2.26. The third-order valence-corrected chi connectivity index (χ3v) is 4.76. The summed E-state index contributed by atoms with van der Waals surface area (Å²) in [6, 6.07) is 19.2. The Kier molecular flexibility index (Phi) is 4.11. The largest absolute Gasteiger partial charge is 0.455 e. The van der Waals surface area contributed by atoms with Crippen LogP contribution in [0.3, 0.4) is 0 Å². The van der Waals surface area contributed by atoms with Gasteiger partial charge in [0.1, 0.15) is 11.3 Å². The predicted octanol–water partition coefficient (Wildman–Crippen LogP) is 4.29. The first-order chi connectivity index (χ1) is 12.2. The third-order valence-electron chi connectivity index (χ3n) is 3.85. The van der Waals surface area contributed by atoms with E-state index in [1.54, 1.807) is 4.90 Å². The molecule has 0 bridgehead atoms. The molecule has 1 aromatic heterocycles. The van der Waals surface area contributed by atoms with Crippen LogP contribution >= 0.6 is 11.8 Å². The van der Waals surface area contributed by atoms with Crippen molar-refractivity contribution in [3.05, 3.63) is 66.4 Å². The van der Waals surface area contributed by atoms with E-state index in [9.17, 15) is 4.79 Å². The summed E-state index contributed by atoms with van der Waals surface area (Å²) in [5.41, 5.74) is 2.28. The Morgan fingerprint density at radius 2 is 1.88 bits per heavy atom. The average Bonchev–Trinajstić information content (AvgIpc) is 3.24. The summed E-state index contributed by atoms with van der Waals surface area (Å²) in [6.45, 7) is 1.84. The van der Waals surface area contributed by atoms with E-state index in [2.05, 4.69) is 10.2 Å². The summed E-state index contributed by atoms with van der Waals surface area (Å²) in [7, 11) is 0. The van der Waals surface area contributed by atoms with Crippen molar-refractivity contribution >= 4 is 45.2 Å². The molecule has 0 spiro atoms. The van der Waals surface area contributed by atoms with Crippen LogP contribution in [-0.2, 0) is 4.79 Å². The minimum atomic E-state index is 0.00606. The SMILES string of the molecule is C/C(=N\N=C1/SCC(=O)N1c1ccccc1)c1cc2ccccc2o1. The van der Waals surface area contributed by atoms with E-state index < -0.39 is 0 Å². The molecule has 5 nitrogen and oxygen atoms in total. The summed E-state index contributed by atoms with van der Waals surface area (Å²) < 4.78 is 5.79. The van der Waals surface area contributed by atoms with E-state index in [1.807, 2.05) is 67.6 Å². The van der Waals surface area contributed by atoms with Crippen molar-refractivity contribution in [2.24, 2.45) is 10.2 Å². The molecule has 0 atom stereocenters. The van der Waals surface area contributed by atoms with Gasteiger partial charge in [-0.2, -0.15) is 0 Å². The highest BCUT2D eigenvalue weighted by molar-refractivity contribution is 8.15. The van der Waals surface area contributed by atoms with Crippen molar-refractivity contribution in [1.82, 2.24) is 0 Å². The molecule has 1 amide bonds. The molecule has 124 valence electrons. The number of fused-ring (bicyclic) bond motifs is 1. The summed E-state index contributed by atoms with van der Waals surface area (Å²) >= 11 is 1.38. The number of carbonyl (C=O) groups is 1. The van der Waals surface area contributed by atoms with Gasteiger partial charge in [0.25, 0.3) is 0 Å². The molecule has 4 rings (SSSR count). The number of hydrogen-bond donors (Lipinski definition) is 0. The van der Waals surface area contributed by atoms with Gasteiger partial charge in [-0.3, -0.25) is 9.69 Å². The Morgan fingerprint density at radius 1 is 1.12 bits per heavy atom. The molecule has 1 fully saturated rings. The molecule has 1 saturated heterocycles. The predicted molar refractivity (Wildman–Crippen MR) is 102 cm³/mol. The van der Waals surface area contributed by atoms with Gasteiger partial charge in [0.2, 0.25) is 5.91 Å². The van der Waals surface area contributed by atoms with Crippen molar-refractivity contribution in [2.45, 2.75) is 6.92 Å². The van der Waals surface area contributed by atoms with Crippen LogP contribution in [0.25, 0.3) is 11.0 Å². The molecule has 1 aliphatic rings. The molecule has 0 saturated carbocycles. The van der Waals surface area contributed by atoms with Gasteiger partial charge < -0.3 is 4.42 Å². The van der Waals surface area contributed by atoms with E-state index in [-0.39, 0.29) is 5.91 Å². The lowest BCUT2D eigenvalue weighted by Gasteiger charge is -2.14. The Labute approximate surface area is 149 Å². The number of furan rings is 1. The summed E-state index contributed by atoms with van der Waals surface area (Å²) in [4.78, 5) is 13.8. The molecule has 0 unspecified atom stereocenters. The maximum absolute atomic E-state index is 12.2. The molecular formula is C19H15N3O2S. The summed E-state index contributed by atoms with van der Waals surface area (Å²) in [5, 5.41) is 10.2. The number of nitrogens with zero attached hydrogens (tertiary/aromatic N) is 3. The highest BCUT2D eigenvalue weighted by atomic mass is 32.2. The molecule has 3 aromatic rings. The van der Waals surface area contributed by atoms with Crippen LogP contribution in [0, 0.1) is 0 Å². The Balaban J connectivity index is 1.65. The Morgan fingerprint density at radius 3 is 2.68 bits per heavy atom. The fraction of sp³-hybridized carbons (Fsp3) is 0.105. The molecular weight excluding hydrogens is 334 g/mol. The first-order valence-electron chi connectivity index (χ1n) is 7.84. The molecule has 2 aromatic carbocycles. The Hall–Kier alpha value is -2.86. The van der Waals surface area contributed by atoms with Gasteiger partial charge in [-0.25, -0.2) is 0 Å². The Bertz CT molecular complexity index is 959. The van der Waals surface area contributed by atoms with Crippen molar-refractivity contribution in [1.29, 1.82) is 0 Å². The number of para-hydroxylation sites is 2. The van der Waals surface area contributed by atoms with E-state index in [1.165, 1.54) is 11.8 Å². The number of anilines is 1. The van der Waals surface area contributed by atoms with Crippen molar-refractivity contribution in [3.63, 3.8) is 0 Å². The van der Waals surface area contributed by atoms with Gasteiger partial charge in [0, 0.05) is 5.39 Å². The van der Waals surface area contributed by atoms with Crippen LogP contribution in [0.4, 0.5) is 5.69 Å². The lowest BCUT2D eigenvalue weighted by atomic mass is 10.2. The van der Waals surface area contributed by atoms with Crippen LogP contribution in [0.5, 0.6) is 0 Å². The maximum Gasteiger partial charge on any atom is 0.243 e. The molecule has 0 N–H and O–H groups in total. The first-order valence-corrected chi connectivity index (χ1v) is 8.83. The van der Waals surface area contributed by atoms with Crippen molar-refractivity contribution in [2.75, 3.05) is 10.7 Å². The zero-order chi connectivity index (χ0) is 17.2. The van der Waals surface area contributed by atoms with Crippen molar-refractivity contribution in [3.8, 4) is 0 Å². The first kappa shape index (κ1) is 15.7. The minimum absolute atomic E-state index is 0.00606. The zero-order valence-electron chi connectivity index (χ0n) is 13.5. The standard InChI is InChI=1S/C19H15N3O2S/c1-13(17-11-14-7-5-6-10-16(14)24-17)20-21-19-22(18(23)12-25-19)15-8-3-2-4-9-15/h2-11H,12H2,1H3/b20-13+,21-19-. The van der Waals surface area contributed by atoms with Gasteiger partial charge in [-0.15, -0.1) is 10.2 Å². The lowest BCUT2D eigenvalue weighted by molar-refractivity contribution is -0.115. The van der Waals surface area contributed by atoms with E-state index in [0.717, 1.165) is 16.7 Å². The van der Waals surface area contributed by atoms with Gasteiger partial charge in [0.15, 0.2) is 10.9 Å². The second-order valence-corrected chi connectivity index (χ2v) is 6.51. The number of carbonyl (C=O) groups excluding carboxylic acids is 1. The normalized spacial score (nSPS) is 17.0. The van der Waals surface area contributed by atoms with Crippen LogP contribution in [0.2, 0.25) is 0 Å². The second-order valence-electron chi connectivity index (χ2n) is 5.57. The van der Waals surface area contributed by atoms with E-state index in [0.29, 0.717) is 22.4 Å². The zero-order valence-corrected chi connectivity index (χ0v) is 14.4. The van der Waals surface area contributed by atoms with E-state index in [4.69, 9.17) is 4.42 Å². The number of amides is 1. The smallest absolute Gasteiger partial charge is 0.243 e.